The number of carbonyl (C=O) groups is 2. The van der Waals surface area contributed by atoms with E-state index in [1.54, 1.807) is 0 Å². The van der Waals surface area contributed by atoms with Crippen LogP contribution in [0.3, 0.4) is 0 Å². The third-order valence-corrected chi connectivity index (χ3v) is 3.40. The Hall–Kier alpha value is -0.970. The van der Waals surface area contributed by atoms with E-state index < -0.39 is 10.8 Å². The fourth-order valence-electron chi connectivity index (χ4n) is 2.07. The highest BCUT2D eigenvalue weighted by atomic mass is 16.6. The predicted octanol–water partition coefficient (Wildman–Crippen LogP) is 2.28. The van der Waals surface area contributed by atoms with Crippen molar-refractivity contribution in [1.82, 2.24) is 0 Å². The fourth-order valence-corrected chi connectivity index (χ4v) is 2.07. The summed E-state index contributed by atoms with van der Waals surface area (Å²) in [6, 6.07) is 0. The zero-order valence-electron chi connectivity index (χ0n) is 14.3. The fraction of sp³-hybridized carbons (Fsp3) is 0.857. The average Bonchev–Trinajstić information content (AvgIpc) is 2.37. The largest absolute Gasteiger partial charge is 0.512 e. The van der Waals surface area contributed by atoms with Gasteiger partial charge in [0.05, 0.1) is 10.8 Å². The van der Waals surface area contributed by atoms with Gasteiger partial charge >= 0.3 is 15.4 Å². The maximum atomic E-state index is 11.8. The van der Waals surface area contributed by atoms with Gasteiger partial charge < -0.3 is 13.9 Å². The molecule has 0 saturated carbocycles. The van der Waals surface area contributed by atoms with E-state index in [0.717, 1.165) is 25.7 Å². The topological polar surface area (TPSA) is 61.8 Å². The van der Waals surface area contributed by atoms with Crippen LogP contribution in [-0.4, -0.2) is 27.3 Å². The van der Waals surface area contributed by atoms with Crippen molar-refractivity contribution >= 4 is 27.3 Å². The summed E-state index contributed by atoms with van der Waals surface area (Å²) < 4.78 is 15.1. The number of rotatable bonds is 10. The average molecular weight is 298 g/mol. The molecule has 0 aliphatic rings. The molecule has 0 atom stereocenters. The second-order valence-corrected chi connectivity index (χ2v) is 6.57. The van der Waals surface area contributed by atoms with Crippen molar-refractivity contribution in [1.29, 1.82) is 0 Å². The molecule has 120 valence electrons. The van der Waals surface area contributed by atoms with E-state index in [4.69, 9.17) is 13.9 Å². The molecule has 0 spiro atoms. The maximum absolute atomic E-state index is 11.8. The Labute approximate surface area is 129 Å². The lowest BCUT2D eigenvalue weighted by atomic mass is 9.88. The van der Waals surface area contributed by atoms with Gasteiger partial charge in [-0.2, -0.15) is 0 Å². The van der Waals surface area contributed by atoms with Gasteiger partial charge in [0.1, 0.15) is 0 Å². The zero-order valence-corrected chi connectivity index (χ0v) is 14.3. The van der Waals surface area contributed by atoms with Crippen molar-refractivity contribution in [3.8, 4) is 0 Å². The van der Waals surface area contributed by atoms with Crippen molar-refractivity contribution in [2.75, 3.05) is 0 Å². The second-order valence-electron chi connectivity index (χ2n) is 6.57. The number of hydrogen-bond acceptors (Lipinski definition) is 5. The summed E-state index contributed by atoms with van der Waals surface area (Å²) in [5, 5.41) is 0. The quantitative estimate of drug-likeness (QED) is 0.457. The lowest BCUT2D eigenvalue weighted by Gasteiger charge is -2.22. The first-order chi connectivity index (χ1) is 9.67. The minimum absolute atomic E-state index is 0.201. The summed E-state index contributed by atoms with van der Waals surface area (Å²) in [7, 11) is -0.402. The Balaban J connectivity index is 3.92. The summed E-state index contributed by atoms with van der Waals surface area (Å²) in [6.07, 6.45) is 3.33. The first-order valence-corrected chi connectivity index (χ1v) is 7.59. The SMILES string of the molecule is CCCC(C)(C)C(=O)OBOBOC(=O)C(C)(C)CCC. The summed E-state index contributed by atoms with van der Waals surface area (Å²) in [6.45, 7) is 11.4. The van der Waals surface area contributed by atoms with Crippen LogP contribution in [0.4, 0.5) is 0 Å². The first-order valence-electron chi connectivity index (χ1n) is 7.59. The molecule has 0 saturated heterocycles. The van der Waals surface area contributed by atoms with Crippen LogP contribution in [0.5, 0.6) is 0 Å². The lowest BCUT2D eigenvalue weighted by Crippen LogP contribution is -2.31. The maximum Gasteiger partial charge on any atom is 0.495 e. The Morgan fingerprint density at radius 2 is 1.14 bits per heavy atom. The molecule has 0 aliphatic carbocycles. The van der Waals surface area contributed by atoms with E-state index in [0.29, 0.717) is 0 Å². The van der Waals surface area contributed by atoms with Crippen molar-refractivity contribution in [3.05, 3.63) is 0 Å². The molecule has 0 aromatic rings. The molecule has 0 unspecified atom stereocenters. The van der Waals surface area contributed by atoms with Crippen LogP contribution in [0.2, 0.25) is 0 Å². The molecule has 0 aliphatic heterocycles. The van der Waals surface area contributed by atoms with Gasteiger partial charge in [0, 0.05) is 0 Å². The standard InChI is InChI=1S/C14H28B2O5/c1-7-9-13(3,4)11(17)19-15-21-16-20-12(18)14(5,6)10-8-2/h15-16H,7-10H2,1-6H3. The van der Waals surface area contributed by atoms with E-state index in [2.05, 4.69) is 0 Å². The van der Waals surface area contributed by atoms with Crippen LogP contribution in [0.1, 0.15) is 67.2 Å². The highest BCUT2D eigenvalue weighted by molar-refractivity contribution is 6.37. The Morgan fingerprint density at radius 3 is 1.43 bits per heavy atom. The van der Waals surface area contributed by atoms with Crippen LogP contribution < -0.4 is 0 Å². The Morgan fingerprint density at radius 1 is 0.810 bits per heavy atom. The van der Waals surface area contributed by atoms with Gasteiger partial charge in [-0.15, -0.1) is 0 Å². The third-order valence-electron chi connectivity index (χ3n) is 3.40. The second kappa shape index (κ2) is 9.13. The van der Waals surface area contributed by atoms with Gasteiger partial charge in [0.15, 0.2) is 0 Å². The van der Waals surface area contributed by atoms with Gasteiger partial charge in [-0.25, -0.2) is 0 Å². The van der Waals surface area contributed by atoms with Crippen molar-refractivity contribution in [2.45, 2.75) is 67.2 Å². The predicted molar refractivity (Wildman–Crippen MR) is 84.9 cm³/mol. The molecule has 7 heteroatoms. The lowest BCUT2D eigenvalue weighted by molar-refractivity contribution is -0.145. The molecule has 5 nitrogen and oxygen atoms in total. The molecule has 0 fully saturated rings. The summed E-state index contributed by atoms with van der Waals surface area (Å²) >= 11 is 0. The minimum atomic E-state index is -0.516. The van der Waals surface area contributed by atoms with Gasteiger partial charge in [-0.05, 0) is 40.5 Å². The monoisotopic (exact) mass is 298 g/mol. The Bertz CT molecular complexity index is 310. The molecule has 0 amide bonds. The smallest absolute Gasteiger partial charge is 0.495 e. The minimum Gasteiger partial charge on any atom is -0.512 e. The first kappa shape index (κ1) is 20.0. The molecule has 0 heterocycles. The van der Waals surface area contributed by atoms with E-state index in [9.17, 15) is 9.59 Å². The summed E-state index contributed by atoms with van der Waals surface area (Å²) in [4.78, 5) is 23.6. The van der Waals surface area contributed by atoms with Crippen LogP contribution >= 0.6 is 0 Å². The van der Waals surface area contributed by atoms with Gasteiger partial charge in [-0.1, -0.05) is 26.7 Å². The molecular formula is C14H28B2O5. The van der Waals surface area contributed by atoms with Gasteiger partial charge in [-0.3, -0.25) is 9.59 Å². The van der Waals surface area contributed by atoms with Crippen molar-refractivity contribution in [3.63, 3.8) is 0 Å². The van der Waals surface area contributed by atoms with Crippen LogP contribution in [0, 0.1) is 10.8 Å². The van der Waals surface area contributed by atoms with Crippen molar-refractivity contribution in [2.24, 2.45) is 10.8 Å². The van der Waals surface area contributed by atoms with Crippen molar-refractivity contribution < 1.29 is 23.5 Å². The number of carbonyl (C=O) groups excluding carboxylic acids is 2. The summed E-state index contributed by atoms with van der Waals surface area (Å²) in [5.41, 5.74) is -1.03. The number of hydrogen-bond donors (Lipinski definition) is 0. The Kier molecular flexibility index (Phi) is 8.71. The highest BCUT2D eigenvalue weighted by Crippen LogP contribution is 2.24. The van der Waals surface area contributed by atoms with Gasteiger partial charge in [0.25, 0.3) is 11.9 Å². The molecule has 0 rings (SSSR count). The molecule has 21 heavy (non-hydrogen) atoms. The molecular weight excluding hydrogens is 270 g/mol. The van der Waals surface area contributed by atoms with E-state index in [1.165, 1.54) is 0 Å². The highest BCUT2D eigenvalue weighted by Gasteiger charge is 2.29. The van der Waals surface area contributed by atoms with E-state index >= 15 is 0 Å². The van der Waals surface area contributed by atoms with Crippen LogP contribution in [-0.2, 0) is 23.5 Å². The normalized spacial score (nSPS) is 11.7. The molecule has 0 N–H and O–H groups in total. The molecule has 0 bridgehead atoms. The molecule has 0 radical (unpaired) electrons. The summed E-state index contributed by atoms with van der Waals surface area (Å²) in [5.74, 6) is -0.607. The van der Waals surface area contributed by atoms with E-state index in [-0.39, 0.29) is 27.3 Å². The van der Waals surface area contributed by atoms with Gasteiger partial charge in [0.2, 0.25) is 0 Å². The third kappa shape index (κ3) is 7.55. The van der Waals surface area contributed by atoms with Crippen LogP contribution in [0.15, 0.2) is 0 Å². The van der Waals surface area contributed by atoms with Crippen LogP contribution in [0.25, 0.3) is 0 Å². The zero-order chi connectivity index (χ0) is 16.5. The van der Waals surface area contributed by atoms with E-state index in [1.807, 2.05) is 41.5 Å². The molecule has 0 aromatic carbocycles. The molecule has 0 aromatic heterocycles.